The van der Waals surface area contributed by atoms with Crippen molar-refractivity contribution in [1.82, 2.24) is 0 Å². The summed E-state index contributed by atoms with van der Waals surface area (Å²) in [4.78, 5) is 11.3. The van der Waals surface area contributed by atoms with Gasteiger partial charge >= 0.3 is 5.97 Å². The van der Waals surface area contributed by atoms with Crippen LogP contribution in [0.4, 0.5) is 0 Å². The number of carbonyl (C=O) groups excluding carboxylic acids is 1. The molecule has 0 rings (SSSR count). The summed E-state index contributed by atoms with van der Waals surface area (Å²) in [5.74, 6) is -0.428. The molecule has 0 heterocycles. The van der Waals surface area contributed by atoms with E-state index in [9.17, 15) is 4.79 Å². The van der Waals surface area contributed by atoms with Gasteiger partial charge in [-0.25, -0.2) is 4.79 Å². The molecule has 1 unspecified atom stereocenters. The van der Waals surface area contributed by atoms with Crippen molar-refractivity contribution in [3.05, 3.63) is 12.7 Å². The highest BCUT2D eigenvalue weighted by molar-refractivity contribution is 6.14. The van der Waals surface area contributed by atoms with E-state index < -0.39 is 11.4 Å². The molecule has 4 nitrogen and oxygen atoms in total. The first-order valence-electron chi connectivity index (χ1n) is 6.14. The Morgan fingerprint density at radius 3 is 2.24 bits per heavy atom. The van der Waals surface area contributed by atoms with Crippen molar-refractivity contribution >= 4 is 16.2 Å². The molecule has 0 aliphatic carbocycles. The fraction of sp³-hybridized carbons (Fsp3) is 0.750. The van der Waals surface area contributed by atoms with E-state index in [-0.39, 0.29) is 6.10 Å². The molecule has 0 aromatic carbocycles. The lowest BCUT2D eigenvalue weighted by molar-refractivity contribution is -0.234. The van der Waals surface area contributed by atoms with Gasteiger partial charge in [0.15, 0.2) is 11.5 Å². The van der Waals surface area contributed by atoms with Gasteiger partial charge in [0.2, 0.25) is 0 Å². The number of esters is 1. The Morgan fingerprint density at radius 1 is 1.35 bits per heavy atom. The highest BCUT2D eigenvalue weighted by atomic mass is 28.1. The van der Waals surface area contributed by atoms with E-state index in [0.29, 0.717) is 23.5 Å². The van der Waals surface area contributed by atoms with Gasteiger partial charge in [0.05, 0.1) is 10.2 Å². The van der Waals surface area contributed by atoms with Gasteiger partial charge in [-0.1, -0.05) is 19.9 Å². The van der Waals surface area contributed by atoms with Crippen molar-refractivity contribution < 1.29 is 19.0 Å². The summed E-state index contributed by atoms with van der Waals surface area (Å²) in [5.41, 5.74) is -0.752. The van der Waals surface area contributed by atoms with Crippen LogP contribution in [0.15, 0.2) is 12.7 Å². The molecule has 0 amide bonds. The Bertz CT molecular complexity index is 237. The second-order valence-corrected chi connectivity index (χ2v) is 5.19. The van der Waals surface area contributed by atoms with Gasteiger partial charge in [-0.15, -0.1) is 0 Å². The fourth-order valence-corrected chi connectivity index (χ4v) is 2.66. The maximum atomic E-state index is 11.3. The number of carbonyl (C=O) groups is 1. The zero-order valence-corrected chi connectivity index (χ0v) is 13.3. The first-order chi connectivity index (χ1) is 8.03. The number of rotatable bonds is 9. The molecule has 1 atom stereocenters. The largest absolute Gasteiger partial charge is 0.454 e. The Kier molecular flexibility index (Phi) is 8.12. The standard InChI is InChI=1S/C12H24O4Si/c1-5-9-10(16-11(13)6-2)12(17,14-7-3)15-8-4/h6,10H,2,5,7-9H2,1,3-4,17H3. The van der Waals surface area contributed by atoms with Crippen LogP contribution in [-0.4, -0.2) is 40.9 Å². The molecular formula is C12H24O4Si. The number of ether oxygens (including phenoxy) is 3. The van der Waals surface area contributed by atoms with Crippen molar-refractivity contribution in [2.24, 2.45) is 0 Å². The molecule has 0 bridgehead atoms. The summed E-state index contributed by atoms with van der Waals surface area (Å²) in [5, 5.41) is 0. The summed E-state index contributed by atoms with van der Waals surface area (Å²) in [6.45, 7) is 10.3. The monoisotopic (exact) mass is 260 g/mol. The summed E-state index contributed by atoms with van der Waals surface area (Å²) >= 11 is 0. The van der Waals surface area contributed by atoms with Gasteiger partial charge in [-0.2, -0.15) is 0 Å². The van der Waals surface area contributed by atoms with Crippen LogP contribution in [0.2, 0.25) is 0 Å². The minimum atomic E-state index is -0.752. The smallest absolute Gasteiger partial charge is 0.330 e. The molecule has 0 aliphatic heterocycles. The van der Waals surface area contributed by atoms with Crippen LogP contribution in [0.3, 0.4) is 0 Å². The Morgan fingerprint density at radius 2 is 1.88 bits per heavy atom. The third kappa shape index (κ3) is 5.47. The summed E-state index contributed by atoms with van der Waals surface area (Å²) in [6.07, 6.45) is 2.44. The van der Waals surface area contributed by atoms with Crippen molar-refractivity contribution in [3.63, 3.8) is 0 Å². The minimum Gasteiger partial charge on any atom is -0.454 e. The number of hydrogen-bond donors (Lipinski definition) is 0. The molecule has 0 fully saturated rings. The lowest BCUT2D eigenvalue weighted by Gasteiger charge is -2.36. The van der Waals surface area contributed by atoms with Crippen LogP contribution in [0.5, 0.6) is 0 Å². The SMILES string of the molecule is C=CC(=O)OC(CCC)C([SiH3])(OCC)OCC. The maximum absolute atomic E-state index is 11.3. The van der Waals surface area contributed by atoms with Gasteiger partial charge < -0.3 is 14.2 Å². The zero-order valence-electron chi connectivity index (χ0n) is 11.3. The molecule has 0 saturated carbocycles. The van der Waals surface area contributed by atoms with Crippen molar-refractivity contribution in [3.8, 4) is 0 Å². The first-order valence-corrected chi connectivity index (χ1v) is 7.14. The summed E-state index contributed by atoms with van der Waals surface area (Å²) < 4.78 is 16.7. The van der Waals surface area contributed by atoms with Crippen LogP contribution in [0.1, 0.15) is 33.6 Å². The van der Waals surface area contributed by atoms with Gasteiger partial charge in [0.1, 0.15) is 0 Å². The predicted octanol–water partition coefficient (Wildman–Crippen LogP) is 0.976. The van der Waals surface area contributed by atoms with E-state index in [2.05, 4.69) is 6.58 Å². The van der Waals surface area contributed by atoms with Crippen molar-refractivity contribution in [1.29, 1.82) is 0 Å². The summed E-state index contributed by atoms with van der Waals surface area (Å²) in [6, 6.07) is 0. The summed E-state index contributed by atoms with van der Waals surface area (Å²) in [7, 11) is 0.637. The van der Waals surface area contributed by atoms with E-state index in [1.807, 2.05) is 20.8 Å². The van der Waals surface area contributed by atoms with E-state index >= 15 is 0 Å². The molecule has 0 aromatic rings. The van der Waals surface area contributed by atoms with Crippen LogP contribution >= 0.6 is 0 Å². The molecule has 0 aliphatic rings. The first kappa shape index (κ1) is 16.3. The van der Waals surface area contributed by atoms with Crippen molar-refractivity contribution in [2.75, 3.05) is 13.2 Å². The third-order valence-electron chi connectivity index (χ3n) is 2.42. The predicted molar refractivity (Wildman–Crippen MR) is 70.9 cm³/mol. The second kappa shape index (κ2) is 8.44. The van der Waals surface area contributed by atoms with E-state index in [4.69, 9.17) is 14.2 Å². The van der Waals surface area contributed by atoms with E-state index in [0.717, 1.165) is 12.8 Å². The van der Waals surface area contributed by atoms with Crippen LogP contribution < -0.4 is 0 Å². The van der Waals surface area contributed by atoms with Gasteiger partial charge in [0.25, 0.3) is 0 Å². The molecule has 0 radical (unpaired) electrons. The minimum absolute atomic E-state index is 0.357. The Hall–Kier alpha value is -0.653. The average molecular weight is 260 g/mol. The van der Waals surface area contributed by atoms with Gasteiger partial charge in [-0.3, -0.25) is 0 Å². The molecule has 17 heavy (non-hydrogen) atoms. The highest BCUT2D eigenvalue weighted by Crippen LogP contribution is 2.22. The molecular weight excluding hydrogens is 236 g/mol. The lowest BCUT2D eigenvalue weighted by Crippen LogP contribution is -2.50. The zero-order chi connectivity index (χ0) is 13.3. The molecule has 0 spiro atoms. The van der Waals surface area contributed by atoms with E-state index in [1.165, 1.54) is 6.08 Å². The molecule has 0 saturated heterocycles. The Labute approximate surface area is 107 Å². The van der Waals surface area contributed by atoms with E-state index in [1.54, 1.807) is 0 Å². The lowest BCUT2D eigenvalue weighted by atomic mass is 10.2. The van der Waals surface area contributed by atoms with Crippen LogP contribution in [0.25, 0.3) is 0 Å². The fourth-order valence-electron chi connectivity index (χ4n) is 1.68. The van der Waals surface area contributed by atoms with Crippen LogP contribution in [-0.2, 0) is 19.0 Å². The second-order valence-electron chi connectivity index (χ2n) is 3.80. The van der Waals surface area contributed by atoms with Gasteiger partial charge in [0, 0.05) is 19.3 Å². The molecule has 5 heteroatoms. The normalized spacial score (nSPS) is 13.4. The third-order valence-corrected chi connectivity index (χ3v) is 3.64. The topological polar surface area (TPSA) is 44.8 Å². The molecule has 100 valence electrons. The van der Waals surface area contributed by atoms with Gasteiger partial charge in [-0.05, 0) is 20.3 Å². The molecule has 0 aromatic heterocycles. The molecule has 0 N–H and O–H groups in total. The maximum Gasteiger partial charge on any atom is 0.330 e. The Balaban J connectivity index is 4.79. The number of hydrogen-bond acceptors (Lipinski definition) is 4. The highest BCUT2D eigenvalue weighted by Gasteiger charge is 2.37. The quantitative estimate of drug-likeness (QED) is 0.268. The van der Waals surface area contributed by atoms with Crippen molar-refractivity contribution in [2.45, 2.75) is 45.1 Å². The average Bonchev–Trinajstić information content (AvgIpc) is 2.29. The van der Waals surface area contributed by atoms with Crippen LogP contribution in [0, 0.1) is 0 Å².